The first-order valence-corrected chi connectivity index (χ1v) is 4.92. The Balaban J connectivity index is 2.75. The lowest BCUT2D eigenvalue weighted by molar-refractivity contribution is 0.988. The summed E-state index contributed by atoms with van der Waals surface area (Å²) in [5.41, 5.74) is 0.449. The first-order valence-electron chi connectivity index (χ1n) is 3.69. The zero-order valence-electron chi connectivity index (χ0n) is 6.94. The molecule has 0 radical (unpaired) electrons. The van der Waals surface area contributed by atoms with Gasteiger partial charge in [0.25, 0.3) is 0 Å². The molecule has 0 bridgehead atoms. The highest BCUT2D eigenvalue weighted by atomic mass is 32.2. The molecule has 0 saturated carbocycles. The van der Waals surface area contributed by atoms with Crippen LogP contribution in [0.5, 0.6) is 0 Å². The Morgan fingerprint density at radius 1 is 1.46 bits per heavy atom. The molecule has 0 aromatic carbocycles. The van der Waals surface area contributed by atoms with E-state index < -0.39 is 0 Å². The normalized spacial score (nSPS) is 10.5. The second kappa shape index (κ2) is 3.18. The van der Waals surface area contributed by atoms with Crippen molar-refractivity contribution < 1.29 is 0 Å². The van der Waals surface area contributed by atoms with Gasteiger partial charge in [-0.2, -0.15) is 0 Å². The minimum absolute atomic E-state index is 0.141. The average Bonchev–Trinajstić information content (AvgIpc) is 2.16. The number of aromatic amines is 1. The van der Waals surface area contributed by atoms with Crippen LogP contribution >= 0.6 is 11.8 Å². The number of fused-ring (bicyclic) bond motifs is 1. The topological polar surface area (TPSA) is 58.6 Å². The highest BCUT2D eigenvalue weighted by molar-refractivity contribution is 7.98. The van der Waals surface area contributed by atoms with Gasteiger partial charge in [-0.05, 0) is 12.3 Å². The molecule has 0 fully saturated rings. The zero-order chi connectivity index (χ0) is 9.26. The van der Waals surface area contributed by atoms with Crippen LogP contribution in [0.25, 0.3) is 11.0 Å². The number of nitrogens with one attached hydrogen (secondary N) is 1. The van der Waals surface area contributed by atoms with Crippen LogP contribution in [-0.2, 0) is 0 Å². The minimum Gasteiger partial charge on any atom is -0.306 e. The fourth-order valence-corrected chi connectivity index (χ4v) is 1.36. The lowest BCUT2D eigenvalue weighted by Crippen LogP contribution is -2.04. The Labute approximate surface area is 78.4 Å². The van der Waals surface area contributed by atoms with E-state index >= 15 is 0 Å². The van der Waals surface area contributed by atoms with Gasteiger partial charge >= 0.3 is 0 Å². The molecule has 2 aromatic heterocycles. The Kier molecular flexibility index (Phi) is 2.02. The highest BCUT2D eigenvalue weighted by Gasteiger charge is 1.98. The van der Waals surface area contributed by atoms with E-state index in [4.69, 9.17) is 0 Å². The van der Waals surface area contributed by atoms with Crippen LogP contribution in [0.15, 0.2) is 28.3 Å². The fraction of sp³-hybridized carbons (Fsp3) is 0.125. The first-order chi connectivity index (χ1) is 6.29. The van der Waals surface area contributed by atoms with E-state index in [9.17, 15) is 4.79 Å². The van der Waals surface area contributed by atoms with E-state index in [2.05, 4.69) is 15.0 Å². The van der Waals surface area contributed by atoms with Crippen LogP contribution in [0.2, 0.25) is 0 Å². The summed E-state index contributed by atoms with van der Waals surface area (Å²) in [6.07, 6.45) is 3.59. The molecule has 0 unspecified atom stereocenters. The largest absolute Gasteiger partial charge is 0.306 e. The van der Waals surface area contributed by atoms with Gasteiger partial charge in [0.2, 0.25) is 5.56 Å². The van der Waals surface area contributed by atoms with E-state index in [1.54, 1.807) is 12.3 Å². The van der Waals surface area contributed by atoms with Crippen molar-refractivity contribution in [3.8, 4) is 0 Å². The molecule has 0 spiro atoms. The summed E-state index contributed by atoms with van der Waals surface area (Å²) >= 11 is 1.45. The summed E-state index contributed by atoms with van der Waals surface area (Å²) in [5, 5.41) is 1.51. The molecule has 2 aromatic rings. The van der Waals surface area contributed by atoms with Crippen molar-refractivity contribution in [1.29, 1.82) is 0 Å². The fourth-order valence-electron chi connectivity index (χ4n) is 1.02. The number of nitrogens with zero attached hydrogens (tertiary/aromatic N) is 2. The second-order valence-corrected chi connectivity index (χ2v) is 3.26. The van der Waals surface area contributed by atoms with E-state index in [-0.39, 0.29) is 5.56 Å². The van der Waals surface area contributed by atoms with Gasteiger partial charge in [-0.25, -0.2) is 9.97 Å². The Hall–Kier alpha value is -1.36. The molecule has 1 N–H and O–H groups in total. The molecule has 2 heterocycles. The smallest absolute Gasteiger partial charge is 0.249 e. The van der Waals surface area contributed by atoms with Crippen molar-refractivity contribution in [2.75, 3.05) is 6.26 Å². The molecule has 0 aliphatic rings. The van der Waals surface area contributed by atoms with Crippen LogP contribution in [0.4, 0.5) is 0 Å². The van der Waals surface area contributed by atoms with Gasteiger partial charge in [0.05, 0.1) is 0 Å². The SMILES string of the molecule is CSc1ncc2ccc(=O)[nH]c2n1. The summed E-state index contributed by atoms with van der Waals surface area (Å²) in [6, 6.07) is 3.17. The average molecular weight is 193 g/mol. The molecule has 4 nitrogen and oxygen atoms in total. The van der Waals surface area contributed by atoms with Gasteiger partial charge in [-0.1, -0.05) is 11.8 Å². The number of H-pyrrole nitrogens is 1. The number of hydrogen-bond acceptors (Lipinski definition) is 4. The van der Waals surface area contributed by atoms with E-state index in [1.807, 2.05) is 6.26 Å². The summed E-state index contributed by atoms with van der Waals surface area (Å²) < 4.78 is 0. The van der Waals surface area contributed by atoms with Crippen molar-refractivity contribution in [1.82, 2.24) is 15.0 Å². The predicted molar refractivity (Wildman–Crippen MR) is 51.9 cm³/mol. The number of rotatable bonds is 1. The van der Waals surface area contributed by atoms with Crippen LogP contribution in [0.3, 0.4) is 0 Å². The van der Waals surface area contributed by atoms with Gasteiger partial charge in [-0.3, -0.25) is 4.79 Å². The lowest BCUT2D eigenvalue weighted by atomic mass is 10.3. The molecule has 0 atom stereocenters. The van der Waals surface area contributed by atoms with Gasteiger partial charge in [-0.15, -0.1) is 0 Å². The lowest BCUT2D eigenvalue weighted by Gasteiger charge is -1.97. The van der Waals surface area contributed by atoms with E-state index in [1.165, 1.54) is 17.8 Å². The Bertz CT molecular complexity index is 494. The first kappa shape index (κ1) is 8.25. The Morgan fingerprint density at radius 3 is 3.08 bits per heavy atom. The molecule has 0 aliphatic heterocycles. The second-order valence-electron chi connectivity index (χ2n) is 2.48. The third-order valence-corrected chi connectivity index (χ3v) is 2.20. The maximum atomic E-state index is 11.0. The number of pyridine rings is 1. The third kappa shape index (κ3) is 1.55. The van der Waals surface area contributed by atoms with Crippen molar-refractivity contribution in [2.24, 2.45) is 0 Å². The quantitative estimate of drug-likeness (QED) is 0.543. The minimum atomic E-state index is -0.141. The van der Waals surface area contributed by atoms with Gasteiger partial charge in [0.15, 0.2) is 5.16 Å². The molecule has 13 heavy (non-hydrogen) atoms. The van der Waals surface area contributed by atoms with Crippen molar-refractivity contribution in [2.45, 2.75) is 5.16 Å². The maximum absolute atomic E-state index is 11.0. The number of thioether (sulfide) groups is 1. The van der Waals surface area contributed by atoms with Crippen LogP contribution in [0, 0.1) is 0 Å². The molecule has 66 valence electrons. The summed E-state index contributed by atoms with van der Waals surface area (Å²) in [4.78, 5) is 21.8. The molecule has 0 saturated heterocycles. The molecular weight excluding hydrogens is 186 g/mol. The molecular formula is C8H7N3OS. The van der Waals surface area contributed by atoms with E-state index in [0.29, 0.717) is 10.8 Å². The zero-order valence-corrected chi connectivity index (χ0v) is 7.76. The van der Waals surface area contributed by atoms with Gasteiger partial charge in [0.1, 0.15) is 5.65 Å². The maximum Gasteiger partial charge on any atom is 0.249 e. The predicted octanol–water partition coefficient (Wildman–Crippen LogP) is 1.04. The number of hydrogen-bond donors (Lipinski definition) is 1. The van der Waals surface area contributed by atoms with Crippen molar-refractivity contribution in [3.05, 3.63) is 28.7 Å². The Morgan fingerprint density at radius 2 is 2.31 bits per heavy atom. The highest BCUT2D eigenvalue weighted by Crippen LogP contribution is 2.11. The molecule has 0 amide bonds. The van der Waals surface area contributed by atoms with Crippen molar-refractivity contribution in [3.63, 3.8) is 0 Å². The molecule has 0 aliphatic carbocycles. The summed E-state index contributed by atoms with van der Waals surface area (Å²) in [6.45, 7) is 0. The van der Waals surface area contributed by atoms with Crippen molar-refractivity contribution >= 4 is 22.8 Å². The summed E-state index contributed by atoms with van der Waals surface area (Å²) in [5.74, 6) is 0. The van der Waals surface area contributed by atoms with Crippen LogP contribution < -0.4 is 5.56 Å². The van der Waals surface area contributed by atoms with Crippen LogP contribution in [-0.4, -0.2) is 21.2 Å². The monoisotopic (exact) mass is 193 g/mol. The number of aromatic nitrogens is 3. The van der Waals surface area contributed by atoms with Crippen LogP contribution in [0.1, 0.15) is 0 Å². The van der Waals surface area contributed by atoms with Gasteiger partial charge < -0.3 is 4.98 Å². The van der Waals surface area contributed by atoms with Gasteiger partial charge in [0, 0.05) is 17.6 Å². The van der Waals surface area contributed by atoms with E-state index in [0.717, 1.165) is 5.39 Å². The standard InChI is InChI=1S/C8H7N3OS/c1-13-8-9-4-5-2-3-6(12)10-7(5)11-8/h2-4H,1H3,(H,9,10,11,12). The third-order valence-electron chi connectivity index (χ3n) is 1.63. The molecule has 2 rings (SSSR count). The molecule has 5 heteroatoms. The summed E-state index contributed by atoms with van der Waals surface area (Å²) in [7, 11) is 0.